The molecular formula is C28H25ClFN7O2. The summed E-state index contributed by atoms with van der Waals surface area (Å²) in [6, 6.07) is 5.62. The van der Waals surface area contributed by atoms with E-state index in [4.69, 9.17) is 16.3 Å². The number of halogens is 2. The molecule has 1 N–H and O–H groups in total. The Bertz CT molecular complexity index is 1700. The predicted molar refractivity (Wildman–Crippen MR) is 146 cm³/mol. The molecule has 0 bridgehead atoms. The number of rotatable bonds is 4. The van der Waals surface area contributed by atoms with Gasteiger partial charge < -0.3 is 14.5 Å². The number of ether oxygens (including phenoxy) is 1. The topological polar surface area (TPSA) is 111 Å². The van der Waals surface area contributed by atoms with Gasteiger partial charge in [0, 0.05) is 36.1 Å². The van der Waals surface area contributed by atoms with Gasteiger partial charge in [0.05, 0.1) is 52.8 Å². The van der Waals surface area contributed by atoms with E-state index in [1.165, 1.54) is 11.2 Å². The molecule has 6 rings (SSSR count). The van der Waals surface area contributed by atoms with Gasteiger partial charge in [-0.1, -0.05) is 18.2 Å². The minimum Gasteiger partial charge on any atom is -0.492 e. The Morgan fingerprint density at radius 2 is 2.21 bits per heavy atom. The summed E-state index contributed by atoms with van der Waals surface area (Å²) in [6.45, 7) is 6.62. The Kier molecular flexibility index (Phi) is 6.31. The van der Waals surface area contributed by atoms with E-state index in [2.05, 4.69) is 32.8 Å². The fraction of sp³-hybridized carbons (Fsp3) is 0.321. The number of hydrogen-bond acceptors (Lipinski definition) is 7. The molecular weight excluding hydrogens is 521 g/mol. The van der Waals surface area contributed by atoms with Crippen LogP contribution in [0.5, 0.6) is 5.75 Å². The molecule has 1 amide bonds. The van der Waals surface area contributed by atoms with Gasteiger partial charge in [0.15, 0.2) is 5.83 Å². The zero-order valence-corrected chi connectivity index (χ0v) is 22.1. The number of anilines is 1. The van der Waals surface area contributed by atoms with Gasteiger partial charge in [-0.25, -0.2) is 14.4 Å². The normalized spacial score (nSPS) is 17.1. The van der Waals surface area contributed by atoms with Crippen molar-refractivity contribution in [2.75, 3.05) is 31.1 Å². The zero-order valence-electron chi connectivity index (χ0n) is 21.3. The minimum absolute atomic E-state index is 0.0594. The second-order valence-corrected chi connectivity index (χ2v) is 10.2. The van der Waals surface area contributed by atoms with Crippen molar-refractivity contribution in [1.29, 1.82) is 5.26 Å². The van der Waals surface area contributed by atoms with E-state index in [0.717, 1.165) is 51.4 Å². The summed E-state index contributed by atoms with van der Waals surface area (Å²) in [5.41, 5.74) is 5.38. The summed E-state index contributed by atoms with van der Waals surface area (Å²) in [6.07, 6.45) is 4.98. The van der Waals surface area contributed by atoms with Crippen LogP contribution in [0, 0.1) is 18.3 Å². The van der Waals surface area contributed by atoms with Gasteiger partial charge in [0.25, 0.3) is 5.91 Å². The number of carbonyl (C=O) groups excluding carboxylic acids is 1. The molecule has 4 aromatic rings. The Morgan fingerprint density at radius 1 is 1.36 bits per heavy atom. The van der Waals surface area contributed by atoms with Crippen molar-refractivity contribution in [2.45, 2.75) is 32.2 Å². The van der Waals surface area contributed by atoms with Gasteiger partial charge in [-0.3, -0.25) is 9.89 Å². The fourth-order valence-electron chi connectivity index (χ4n) is 5.72. The molecule has 0 saturated carbocycles. The maximum atomic E-state index is 13.7. The SMILES string of the molecule is C=C(F)C(=O)N1CCN(c2ncnc3cc(-c4c(Cl)c(C)cc5[nH]ncc45)c4c(c23)OCCC4)C[C@@H]1CC#N. The molecule has 0 spiro atoms. The van der Waals surface area contributed by atoms with Crippen LogP contribution < -0.4 is 9.64 Å². The average Bonchev–Trinajstić information content (AvgIpc) is 3.40. The number of nitrogens with one attached hydrogen (secondary N) is 1. The second kappa shape index (κ2) is 9.82. The van der Waals surface area contributed by atoms with Crippen LogP contribution in [0.25, 0.3) is 32.9 Å². The van der Waals surface area contributed by atoms with Gasteiger partial charge in [-0.2, -0.15) is 10.4 Å². The maximum absolute atomic E-state index is 13.7. The summed E-state index contributed by atoms with van der Waals surface area (Å²) in [5.74, 6) is -0.447. The van der Waals surface area contributed by atoms with Crippen LogP contribution in [0.4, 0.5) is 10.2 Å². The lowest BCUT2D eigenvalue weighted by molar-refractivity contribution is -0.131. The largest absolute Gasteiger partial charge is 0.492 e. The first kappa shape index (κ1) is 25.1. The van der Waals surface area contributed by atoms with Crippen LogP contribution in [-0.2, 0) is 11.2 Å². The maximum Gasteiger partial charge on any atom is 0.282 e. The van der Waals surface area contributed by atoms with Crippen LogP contribution >= 0.6 is 11.6 Å². The summed E-state index contributed by atoms with van der Waals surface area (Å²) in [7, 11) is 0. The summed E-state index contributed by atoms with van der Waals surface area (Å²) in [5, 5.41) is 19.0. The lowest BCUT2D eigenvalue weighted by Gasteiger charge is -2.41. The van der Waals surface area contributed by atoms with Crippen molar-refractivity contribution in [2.24, 2.45) is 0 Å². The number of amides is 1. The summed E-state index contributed by atoms with van der Waals surface area (Å²) in [4.78, 5) is 25.0. The number of benzene rings is 2. The van der Waals surface area contributed by atoms with Crippen molar-refractivity contribution in [3.63, 3.8) is 0 Å². The second-order valence-electron chi connectivity index (χ2n) is 9.85. The first-order valence-corrected chi connectivity index (χ1v) is 13.1. The quantitative estimate of drug-likeness (QED) is 0.364. The number of aromatic nitrogens is 4. The summed E-state index contributed by atoms with van der Waals surface area (Å²) < 4.78 is 20.0. The molecule has 9 nitrogen and oxygen atoms in total. The Hall–Kier alpha value is -4.23. The highest BCUT2D eigenvalue weighted by atomic mass is 35.5. The smallest absolute Gasteiger partial charge is 0.282 e. The van der Waals surface area contributed by atoms with E-state index in [1.807, 2.05) is 24.0 Å². The third kappa shape index (κ3) is 4.14. The molecule has 1 saturated heterocycles. The minimum atomic E-state index is -1.03. The first-order chi connectivity index (χ1) is 18.9. The number of fused-ring (bicyclic) bond motifs is 4. The standard InChI is InChI=1S/C28H25ClFN7O2/c1-15-10-21-20(12-34-35-21)23(25(15)29)19-11-22-24(26-18(19)4-3-9-39-26)27(33-14-32-22)36-7-8-37(28(38)16(2)30)17(13-36)5-6-31/h10-12,14,17H,2-5,7-9,13H2,1H3,(H,34,35)/t17-/m0/s1. The number of nitrogens with zero attached hydrogens (tertiary/aromatic N) is 6. The predicted octanol–water partition coefficient (Wildman–Crippen LogP) is 4.87. The molecule has 2 aromatic carbocycles. The molecule has 2 aliphatic heterocycles. The van der Waals surface area contributed by atoms with Crippen LogP contribution in [0.1, 0.15) is 24.0 Å². The molecule has 0 unspecified atom stereocenters. The van der Waals surface area contributed by atoms with Crippen LogP contribution in [0.3, 0.4) is 0 Å². The highest BCUT2D eigenvalue weighted by molar-refractivity contribution is 6.36. The van der Waals surface area contributed by atoms with E-state index in [9.17, 15) is 14.4 Å². The Morgan fingerprint density at radius 3 is 3.00 bits per heavy atom. The molecule has 2 aromatic heterocycles. The van der Waals surface area contributed by atoms with Crippen molar-refractivity contribution in [1.82, 2.24) is 25.1 Å². The fourth-order valence-corrected chi connectivity index (χ4v) is 5.98. The van der Waals surface area contributed by atoms with E-state index in [0.29, 0.717) is 41.8 Å². The molecule has 0 radical (unpaired) electrons. The molecule has 198 valence electrons. The number of H-pyrrole nitrogens is 1. The van der Waals surface area contributed by atoms with Crippen LogP contribution in [0.15, 0.2) is 37.1 Å². The number of carbonyl (C=O) groups is 1. The molecule has 1 fully saturated rings. The number of nitriles is 1. The highest BCUT2D eigenvalue weighted by Crippen LogP contribution is 2.47. The van der Waals surface area contributed by atoms with E-state index < -0.39 is 17.8 Å². The average molecular weight is 546 g/mol. The number of aryl methyl sites for hydroxylation is 1. The van der Waals surface area contributed by atoms with E-state index in [1.54, 1.807) is 6.20 Å². The molecule has 39 heavy (non-hydrogen) atoms. The Balaban J connectivity index is 1.51. The number of aromatic amines is 1. The van der Waals surface area contributed by atoms with Crippen LogP contribution in [0.2, 0.25) is 5.02 Å². The van der Waals surface area contributed by atoms with Crippen molar-refractivity contribution in [3.8, 4) is 22.9 Å². The lowest BCUT2D eigenvalue weighted by atomic mass is 9.90. The van der Waals surface area contributed by atoms with Gasteiger partial charge >= 0.3 is 0 Å². The summed E-state index contributed by atoms with van der Waals surface area (Å²) >= 11 is 6.90. The van der Waals surface area contributed by atoms with Gasteiger partial charge in [0.1, 0.15) is 17.9 Å². The molecule has 0 aliphatic carbocycles. The highest BCUT2D eigenvalue weighted by Gasteiger charge is 2.34. The van der Waals surface area contributed by atoms with E-state index in [-0.39, 0.29) is 13.0 Å². The van der Waals surface area contributed by atoms with Gasteiger partial charge in [-0.05, 0) is 43.0 Å². The monoisotopic (exact) mass is 545 g/mol. The zero-order chi connectivity index (χ0) is 27.3. The van der Waals surface area contributed by atoms with Gasteiger partial charge in [0.2, 0.25) is 0 Å². The van der Waals surface area contributed by atoms with Crippen LogP contribution in [-0.4, -0.2) is 63.3 Å². The lowest BCUT2D eigenvalue weighted by Crippen LogP contribution is -2.55. The van der Waals surface area contributed by atoms with Crippen molar-refractivity contribution < 1.29 is 13.9 Å². The molecule has 1 atom stereocenters. The third-order valence-corrected chi connectivity index (χ3v) is 8.00. The van der Waals surface area contributed by atoms with Gasteiger partial charge in [-0.15, -0.1) is 0 Å². The molecule has 2 aliphatic rings. The van der Waals surface area contributed by atoms with Crippen molar-refractivity contribution in [3.05, 3.63) is 53.2 Å². The van der Waals surface area contributed by atoms with E-state index >= 15 is 0 Å². The Labute approximate surface area is 228 Å². The van der Waals surface area contributed by atoms with Crippen molar-refractivity contribution >= 4 is 45.1 Å². The number of piperazine rings is 1. The first-order valence-electron chi connectivity index (χ1n) is 12.7. The number of hydrogen-bond donors (Lipinski definition) is 1. The molecule has 11 heteroatoms. The molecule has 4 heterocycles. The third-order valence-electron chi connectivity index (χ3n) is 7.52.